The summed E-state index contributed by atoms with van der Waals surface area (Å²) < 4.78 is 5.08. The molecule has 0 aliphatic heterocycles. The first kappa shape index (κ1) is 17.7. The topological polar surface area (TPSA) is 55.4 Å². The van der Waals surface area contributed by atoms with Gasteiger partial charge in [-0.15, -0.1) is 0 Å². The highest BCUT2D eigenvalue weighted by Gasteiger charge is 2.15. The van der Waals surface area contributed by atoms with Gasteiger partial charge in [-0.25, -0.2) is 4.79 Å². The lowest BCUT2D eigenvalue weighted by Gasteiger charge is -2.18. The second-order valence-corrected chi connectivity index (χ2v) is 6.77. The smallest absolute Gasteiger partial charge is 0.338 e. The normalized spacial score (nSPS) is 11.0. The van der Waals surface area contributed by atoms with E-state index in [-0.39, 0.29) is 17.9 Å². The lowest BCUT2D eigenvalue weighted by molar-refractivity contribution is -0.119. The van der Waals surface area contributed by atoms with Gasteiger partial charge in [0.15, 0.2) is 6.61 Å². The summed E-state index contributed by atoms with van der Waals surface area (Å²) in [5, 5.41) is 2.73. The summed E-state index contributed by atoms with van der Waals surface area (Å²) in [4.78, 5) is 23.9. The number of aryl methyl sites for hydroxylation is 1. The first-order chi connectivity index (χ1) is 11.3. The molecule has 0 unspecified atom stereocenters. The molecule has 4 nitrogen and oxygen atoms in total. The highest BCUT2D eigenvalue weighted by atomic mass is 16.5. The number of para-hydroxylation sites is 1. The van der Waals surface area contributed by atoms with E-state index in [1.807, 2.05) is 37.3 Å². The van der Waals surface area contributed by atoms with Crippen molar-refractivity contribution in [2.45, 2.75) is 33.1 Å². The average Bonchev–Trinajstić information content (AvgIpc) is 2.54. The van der Waals surface area contributed by atoms with E-state index >= 15 is 0 Å². The van der Waals surface area contributed by atoms with Crippen LogP contribution in [0.5, 0.6) is 0 Å². The molecular weight excluding hydrogens is 302 g/mol. The summed E-state index contributed by atoms with van der Waals surface area (Å²) in [7, 11) is 0. The van der Waals surface area contributed by atoms with Crippen molar-refractivity contribution in [3.05, 3.63) is 65.2 Å². The van der Waals surface area contributed by atoms with E-state index < -0.39 is 5.97 Å². The molecule has 0 fully saturated rings. The maximum Gasteiger partial charge on any atom is 0.338 e. The van der Waals surface area contributed by atoms with Crippen molar-refractivity contribution in [1.29, 1.82) is 0 Å². The fourth-order valence-electron chi connectivity index (χ4n) is 2.22. The van der Waals surface area contributed by atoms with Crippen LogP contribution in [0.15, 0.2) is 48.5 Å². The van der Waals surface area contributed by atoms with Gasteiger partial charge in [0, 0.05) is 5.69 Å². The average molecular weight is 325 g/mol. The summed E-state index contributed by atoms with van der Waals surface area (Å²) in [6.45, 7) is 7.91. The van der Waals surface area contributed by atoms with Gasteiger partial charge in [0.25, 0.3) is 5.91 Å². The minimum Gasteiger partial charge on any atom is -0.452 e. The van der Waals surface area contributed by atoms with Gasteiger partial charge in [-0.3, -0.25) is 4.79 Å². The quantitative estimate of drug-likeness (QED) is 0.862. The van der Waals surface area contributed by atoms with Crippen molar-refractivity contribution in [3.8, 4) is 0 Å². The molecule has 24 heavy (non-hydrogen) atoms. The molecule has 0 spiro atoms. The third kappa shape index (κ3) is 4.69. The second kappa shape index (κ2) is 7.30. The van der Waals surface area contributed by atoms with E-state index in [0.717, 1.165) is 11.1 Å². The molecular formula is C20H23NO3. The van der Waals surface area contributed by atoms with Gasteiger partial charge in [0.05, 0.1) is 5.56 Å². The minimum atomic E-state index is -0.504. The van der Waals surface area contributed by atoms with Gasteiger partial charge in [-0.1, -0.05) is 51.1 Å². The largest absolute Gasteiger partial charge is 0.452 e. The molecule has 0 saturated carbocycles. The van der Waals surface area contributed by atoms with Crippen LogP contribution in [0, 0.1) is 6.92 Å². The van der Waals surface area contributed by atoms with E-state index in [1.54, 1.807) is 18.2 Å². The Morgan fingerprint density at radius 1 is 1.00 bits per heavy atom. The predicted octanol–water partition coefficient (Wildman–Crippen LogP) is 4.09. The molecule has 0 aromatic heterocycles. The molecule has 4 heteroatoms. The highest BCUT2D eigenvalue weighted by Crippen LogP contribution is 2.22. The number of rotatable bonds is 4. The first-order valence-electron chi connectivity index (χ1n) is 7.90. The van der Waals surface area contributed by atoms with Gasteiger partial charge in [-0.2, -0.15) is 0 Å². The predicted molar refractivity (Wildman–Crippen MR) is 95.2 cm³/mol. The molecule has 0 radical (unpaired) electrons. The van der Waals surface area contributed by atoms with E-state index in [0.29, 0.717) is 11.3 Å². The summed E-state index contributed by atoms with van der Waals surface area (Å²) in [6.07, 6.45) is 0. The van der Waals surface area contributed by atoms with Gasteiger partial charge in [0.2, 0.25) is 0 Å². The van der Waals surface area contributed by atoms with Crippen LogP contribution in [-0.2, 0) is 14.9 Å². The van der Waals surface area contributed by atoms with Crippen molar-refractivity contribution in [1.82, 2.24) is 0 Å². The van der Waals surface area contributed by atoms with Crippen LogP contribution < -0.4 is 5.32 Å². The van der Waals surface area contributed by atoms with Crippen molar-refractivity contribution >= 4 is 17.6 Å². The zero-order valence-corrected chi connectivity index (χ0v) is 14.6. The van der Waals surface area contributed by atoms with Gasteiger partial charge in [-0.05, 0) is 41.7 Å². The van der Waals surface area contributed by atoms with Crippen LogP contribution in [0.3, 0.4) is 0 Å². The van der Waals surface area contributed by atoms with E-state index in [4.69, 9.17) is 4.74 Å². The summed E-state index contributed by atoms with van der Waals surface area (Å²) >= 11 is 0. The lowest BCUT2D eigenvalue weighted by atomic mass is 9.87. The van der Waals surface area contributed by atoms with E-state index in [1.165, 1.54) is 0 Å². The molecule has 1 amide bonds. The molecule has 2 aromatic rings. The molecule has 0 aliphatic rings. The zero-order valence-electron chi connectivity index (χ0n) is 14.6. The highest BCUT2D eigenvalue weighted by molar-refractivity contribution is 5.95. The number of esters is 1. The Morgan fingerprint density at radius 3 is 2.21 bits per heavy atom. The lowest BCUT2D eigenvalue weighted by Crippen LogP contribution is -2.21. The van der Waals surface area contributed by atoms with Gasteiger partial charge in [0.1, 0.15) is 0 Å². The van der Waals surface area contributed by atoms with Crippen LogP contribution in [-0.4, -0.2) is 18.5 Å². The first-order valence-corrected chi connectivity index (χ1v) is 7.90. The fourth-order valence-corrected chi connectivity index (χ4v) is 2.22. The number of nitrogens with one attached hydrogen (secondary N) is 1. The van der Waals surface area contributed by atoms with Gasteiger partial charge >= 0.3 is 5.97 Å². The maximum absolute atomic E-state index is 12.0. The Hall–Kier alpha value is -2.62. The monoisotopic (exact) mass is 325 g/mol. The van der Waals surface area contributed by atoms with Crippen molar-refractivity contribution in [2.75, 3.05) is 11.9 Å². The summed E-state index contributed by atoms with van der Waals surface area (Å²) in [5.74, 6) is -0.862. The molecule has 2 aromatic carbocycles. The SMILES string of the molecule is Cc1ccccc1NC(=O)COC(=O)c1ccc(C(C)(C)C)cc1. The number of carbonyl (C=O) groups excluding carboxylic acids is 2. The summed E-state index contributed by atoms with van der Waals surface area (Å²) in [5.41, 5.74) is 3.27. The third-order valence-electron chi connectivity index (χ3n) is 3.74. The number of carbonyl (C=O) groups is 2. The maximum atomic E-state index is 12.0. The van der Waals surface area contributed by atoms with Crippen LogP contribution in [0.1, 0.15) is 42.3 Å². The third-order valence-corrected chi connectivity index (χ3v) is 3.74. The zero-order chi connectivity index (χ0) is 17.7. The Bertz CT molecular complexity index is 727. The molecule has 2 rings (SSSR count). The number of hydrogen-bond acceptors (Lipinski definition) is 3. The molecule has 0 bridgehead atoms. The van der Waals surface area contributed by atoms with Crippen LogP contribution in [0.4, 0.5) is 5.69 Å². The minimum absolute atomic E-state index is 0.0237. The Morgan fingerprint density at radius 2 is 1.62 bits per heavy atom. The number of ether oxygens (including phenoxy) is 1. The van der Waals surface area contributed by atoms with Crippen LogP contribution in [0.2, 0.25) is 0 Å². The molecule has 0 aliphatic carbocycles. The molecule has 0 atom stereocenters. The van der Waals surface area contributed by atoms with Crippen LogP contribution in [0.25, 0.3) is 0 Å². The van der Waals surface area contributed by atoms with Crippen molar-refractivity contribution in [2.24, 2.45) is 0 Å². The number of anilines is 1. The second-order valence-electron chi connectivity index (χ2n) is 6.77. The Kier molecular flexibility index (Phi) is 5.39. The van der Waals surface area contributed by atoms with E-state index in [9.17, 15) is 9.59 Å². The van der Waals surface area contributed by atoms with Crippen molar-refractivity contribution < 1.29 is 14.3 Å². The number of amides is 1. The molecule has 0 saturated heterocycles. The number of hydrogen-bond donors (Lipinski definition) is 1. The molecule has 126 valence electrons. The number of benzene rings is 2. The standard InChI is InChI=1S/C20H23NO3/c1-14-7-5-6-8-17(14)21-18(22)13-24-19(23)15-9-11-16(12-10-15)20(2,3)4/h5-12H,13H2,1-4H3,(H,21,22). The molecule has 1 N–H and O–H groups in total. The van der Waals surface area contributed by atoms with Gasteiger partial charge < -0.3 is 10.1 Å². The Labute approximate surface area is 142 Å². The van der Waals surface area contributed by atoms with Crippen molar-refractivity contribution in [3.63, 3.8) is 0 Å². The van der Waals surface area contributed by atoms with E-state index in [2.05, 4.69) is 26.1 Å². The Balaban J connectivity index is 1.91. The van der Waals surface area contributed by atoms with Crippen LogP contribution >= 0.6 is 0 Å². The molecule has 0 heterocycles. The summed E-state index contributed by atoms with van der Waals surface area (Å²) in [6, 6.07) is 14.7. The fraction of sp³-hybridized carbons (Fsp3) is 0.300.